The van der Waals surface area contributed by atoms with Crippen molar-refractivity contribution >= 4 is 5.97 Å². The highest BCUT2D eigenvalue weighted by Crippen LogP contribution is 2.43. The number of piperidine rings is 1. The molecule has 0 saturated carbocycles. The van der Waals surface area contributed by atoms with Crippen LogP contribution in [0.1, 0.15) is 23.5 Å². The Morgan fingerprint density at radius 2 is 2.22 bits per heavy atom. The molecule has 1 aromatic rings. The molecule has 0 spiro atoms. The van der Waals surface area contributed by atoms with Gasteiger partial charge >= 0.3 is 5.97 Å². The van der Waals surface area contributed by atoms with Gasteiger partial charge in [0.15, 0.2) is 0 Å². The molecule has 0 aromatic heterocycles. The zero-order chi connectivity index (χ0) is 12.9. The van der Waals surface area contributed by atoms with Gasteiger partial charge in [-0.15, -0.1) is 0 Å². The first kappa shape index (κ1) is 11.5. The summed E-state index contributed by atoms with van der Waals surface area (Å²) < 4.78 is 0. The molecule has 1 heterocycles. The predicted octanol–water partition coefficient (Wildman–Crippen LogP) is 1.44. The van der Waals surface area contributed by atoms with Gasteiger partial charge in [-0.2, -0.15) is 0 Å². The Balaban J connectivity index is 2.06. The zero-order valence-electron chi connectivity index (χ0n) is 10.3. The number of phenols is 1. The third-order valence-corrected chi connectivity index (χ3v) is 4.28. The van der Waals surface area contributed by atoms with Crippen molar-refractivity contribution in [2.75, 3.05) is 13.6 Å². The van der Waals surface area contributed by atoms with Gasteiger partial charge in [-0.25, -0.2) is 0 Å². The molecule has 3 atom stereocenters. The monoisotopic (exact) mass is 247 g/mol. The Bertz CT molecular complexity index is 500. The number of hydrogen-bond donors (Lipinski definition) is 2. The molecule has 96 valence electrons. The molecule has 1 aromatic carbocycles. The maximum Gasteiger partial charge on any atom is 0.321 e. The van der Waals surface area contributed by atoms with Crippen molar-refractivity contribution in [1.82, 2.24) is 4.90 Å². The smallest absolute Gasteiger partial charge is 0.321 e. The highest BCUT2D eigenvalue weighted by atomic mass is 16.4. The number of aliphatic carboxylic acids is 1. The summed E-state index contributed by atoms with van der Waals surface area (Å²) in [6.45, 7) is 0.822. The average molecular weight is 247 g/mol. The van der Waals surface area contributed by atoms with Crippen LogP contribution in [0.5, 0.6) is 5.75 Å². The van der Waals surface area contributed by atoms with Crippen LogP contribution in [0.4, 0.5) is 0 Å². The highest BCUT2D eigenvalue weighted by Gasteiger charge is 2.43. The topological polar surface area (TPSA) is 60.8 Å². The van der Waals surface area contributed by atoms with Crippen LogP contribution in [0.3, 0.4) is 0 Å². The zero-order valence-corrected chi connectivity index (χ0v) is 10.3. The first-order valence-electron chi connectivity index (χ1n) is 6.31. The van der Waals surface area contributed by atoms with E-state index in [0.29, 0.717) is 5.92 Å². The van der Waals surface area contributed by atoms with Gasteiger partial charge < -0.3 is 10.2 Å². The molecule has 18 heavy (non-hydrogen) atoms. The third-order valence-electron chi connectivity index (χ3n) is 4.28. The van der Waals surface area contributed by atoms with Crippen LogP contribution in [-0.2, 0) is 11.2 Å². The Hall–Kier alpha value is -1.55. The summed E-state index contributed by atoms with van der Waals surface area (Å²) in [5.41, 5.74) is 2.22. The number of phenolic OH excluding ortho intramolecular Hbond substituents is 1. The summed E-state index contributed by atoms with van der Waals surface area (Å²) in [5, 5.41) is 19.0. The Kier molecular flexibility index (Phi) is 2.55. The second-order valence-electron chi connectivity index (χ2n) is 5.52. The summed E-state index contributed by atoms with van der Waals surface area (Å²) in [6, 6.07) is 4.90. The lowest BCUT2D eigenvalue weighted by Gasteiger charge is -2.45. The predicted molar refractivity (Wildman–Crippen MR) is 66.7 cm³/mol. The number of carboxylic acids is 1. The van der Waals surface area contributed by atoms with Gasteiger partial charge in [0.2, 0.25) is 0 Å². The maximum atomic E-state index is 11.5. The van der Waals surface area contributed by atoms with Crippen LogP contribution in [-0.4, -0.2) is 40.7 Å². The van der Waals surface area contributed by atoms with Crippen molar-refractivity contribution in [2.24, 2.45) is 5.92 Å². The minimum absolute atomic E-state index is 0.0515. The number of carboxylic acid groups (broad SMARTS) is 1. The number of carbonyl (C=O) groups is 1. The number of benzene rings is 1. The van der Waals surface area contributed by atoms with E-state index in [1.807, 2.05) is 18.0 Å². The first-order valence-corrected chi connectivity index (χ1v) is 6.31. The van der Waals surface area contributed by atoms with E-state index in [9.17, 15) is 15.0 Å². The molecule has 2 bridgehead atoms. The van der Waals surface area contributed by atoms with E-state index in [4.69, 9.17) is 0 Å². The summed E-state index contributed by atoms with van der Waals surface area (Å²) in [5.74, 6) is 0.0799. The van der Waals surface area contributed by atoms with Gasteiger partial charge in [0.05, 0.1) is 0 Å². The van der Waals surface area contributed by atoms with Crippen LogP contribution in [0.15, 0.2) is 18.2 Å². The Labute approximate surface area is 106 Å². The molecule has 1 aliphatic heterocycles. The summed E-state index contributed by atoms with van der Waals surface area (Å²) >= 11 is 0. The molecule has 4 heteroatoms. The van der Waals surface area contributed by atoms with E-state index in [-0.39, 0.29) is 11.7 Å². The Morgan fingerprint density at radius 1 is 1.44 bits per heavy atom. The molecule has 1 fully saturated rings. The van der Waals surface area contributed by atoms with E-state index >= 15 is 0 Å². The fraction of sp³-hybridized carbons (Fsp3) is 0.500. The van der Waals surface area contributed by atoms with Crippen LogP contribution in [0.2, 0.25) is 0 Å². The van der Waals surface area contributed by atoms with Crippen molar-refractivity contribution in [2.45, 2.75) is 24.8 Å². The van der Waals surface area contributed by atoms with E-state index in [0.717, 1.165) is 30.5 Å². The summed E-state index contributed by atoms with van der Waals surface area (Å²) in [4.78, 5) is 13.4. The average Bonchev–Trinajstić information content (AvgIpc) is 2.27. The van der Waals surface area contributed by atoms with Crippen molar-refractivity contribution < 1.29 is 15.0 Å². The molecule has 1 aliphatic carbocycles. The number of rotatable bonds is 1. The van der Waals surface area contributed by atoms with Crippen LogP contribution in [0.25, 0.3) is 0 Å². The molecule has 0 amide bonds. The summed E-state index contributed by atoms with van der Waals surface area (Å²) in [6.07, 6.45) is 1.88. The SMILES string of the molecule is CN1CC2Cc3cc(O)ccc3C(C2)[C@@H]1C(=O)O. The van der Waals surface area contributed by atoms with Crippen molar-refractivity contribution in [3.63, 3.8) is 0 Å². The van der Waals surface area contributed by atoms with Crippen LogP contribution >= 0.6 is 0 Å². The van der Waals surface area contributed by atoms with E-state index in [1.54, 1.807) is 12.1 Å². The van der Waals surface area contributed by atoms with E-state index < -0.39 is 12.0 Å². The lowest BCUT2D eigenvalue weighted by molar-refractivity contribution is -0.145. The minimum atomic E-state index is -0.748. The van der Waals surface area contributed by atoms with E-state index in [2.05, 4.69) is 0 Å². The van der Waals surface area contributed by atoms with Crippen LogP contribution < -0.4 is 0 Å². The van der Waals surface area contributed by atoms with E-state index in [1.165, 1.54) is 0 Å². The number of nitrogens with zero attached hydrogens (tertiary/aromatic N) is 1. The minimum Gasteiger partial charge on any atom is -0.508 e. The van der Waals surface area contributed by atoms with Crippen molar-refractivity contribution in [3.8, 4) is 5.75 Å². The normalized spacial score (nSPS) is 30.8. The lowest BCUT2D eigenvalue weighted by Crippen LogP contribution is -2.52. The fourth-order valence-electron chi connectivity index (χ4n) is 3.64. The van der Waals surface area contributed by atoms with Gasteiger partial charge in [-0.05, 0) is 49.1 Å². The van der Waals surface area contributed by atoms with Crippen LogP contribution in [0, 0.1) is 5.92 Å². The molecule has 0 radical (unpaired) electrons. The first-order chi connectivity index (χ1) is 8.56. The number of hydrogen-bond acceptors (Lipinski definition) is 3. The highest BCUT2D eigenvalue weighted by molar-refractivity contribution is 5.75. The summed E-state index contributed by atoms with van der Waals surface area (Å²) in [7, 11) is 1.89. The van der Waals surface area contributed by atoms with Gasteiger partial charge in [-0.3, -0.25) is 9.69 Å². The number of likely N-dealkylation sites (N-methyl/N-ethyl adjacent to an activating group) is 1. The lowest BCUT2D eigenvalue weighted by atomic mass is 9.70. The second kappa shape index (κ2) is 3.99. The van der Waals surface area contributed by atoms with Crippen molar-refractivity contribution in [3.05, 3.63) is 29.3 Å². The molecular weight excluding hydrogens is 230 g/mol. The molecule has 2 N–H and O–H groups in total. The van der Waals surface area contributed by atoms with Gasteiger partial charge in [0.1, 0.15) is 11.8 Å². The third kappa shape index (κ3) is 1.68. The maximum absolute atomic E-state index is 11.5. The van der Waals surface area contributed by atoms with Gasteiger partial charge in [0, 0.05) is 12.5 Å². The molecule has 3 rings (SSSR count). The number of likely N-dealkylation sites (tertiary alicyclic amines) is 1. The molecule has 1 saturated heterocycles. The molecule has 2 aliphatic rings. The quantitative estimate of drug-likeness (QED) is 0.788. The second-order valence-corrected chi connectivity index (χ2v) is 5.52. The van der Waals surface area contributed by atoms with Crippen molar-refractivity contribution in [1.29, 1.82) is 0 Å². The van der Waals surface area contributed by atoms with Gasteiger partial charge in [-0.1, -0.05) is 6.07 Å². The molecule has 4 nitrogen and oxygen atoms in total. The molecular formula is C14H17NO3. The fourth-order valence-corrected chi connectivity index (χ4v) is 3.64. The largest absolute Gasteiger partial charge is 0.508 e. The Morgan fingerprint density at radius 3 is 2.94 bits per heavy atom. The number of aromatic hydroxyl groups is 1. The molecule has 2 unspecified atom stereocenters. The number of fused-ring (bicyclic) bond motifs is 4. The van der Waals surface area contributed by atoms with Gasteiger partial charge in [0.25, 0.3) is 0 Å². The standard InChI is InChI=1S/C14H17NO3/c1-15-7-8-4-9-6-10(16)2-3-11(9)12(5-8)13(15)14(17)18/h2-3,6,8,12-13,16H,4-5,7H2,1H3,(H,17,18)/t8?,12?,13-/m1/s1.